The number of amides is 2. The van der Waals surface area contributed by atoms with Gasteiger partial charge in [-0.1, -0.05) is 18.2 Å². The largest absolute Gasteiger partial charge is 0.326 e. The van der Waals surface area contributed by atoms with Crippen molar-refractivity contribution >= 4 is 23.2 Å². The summed E-state index contributed by atoms with van der Waals surface area (Å²) in [5.41, 5.74) is 2.23. The summed E-state index contributed by atoms with van der Waals surface area (Å²) in [5.74, 6) is -0.991. The average molecular weight is 352 g/mol. The lowest BCUT2D eigenvalue weighted by Crippen LogP contribution is -2.14. The summed E-state index contributed by atoms with van der Waals surface area (Å²) in [7, 11) is 0. The van der Waals surface area contributed by atoms with Crippen molar-refractivity contribution in [3.05, 3.63) is 71.8 Å². The quantitative estimate of drug-likeness (QED) is 0.754. The molecule has 0 aliphatic carbocycles. The number of halogens is 1. The lowest BCUT2D eigenvalue weighted by molar-refractivity contribution is -0.114. The summed E-state index contributed by atoms with van der Waals surface area (Å²) < 4.78 is 15.4. The number of para-hydroxylation sites is 1. The molecule has 0 saturated heterocycles. The van der Waals surface area contributed by atoms with Crippen LogP contribution in [0.25, 0.3) is 5.69 Å². The van der Waals surface area contributed by atoms with Crippen molar-refractivity contribution in [1.82, 2.24) is 9.78 Å². The van der Waals surface area contributed by atoms with E-state index in [1.165, 1.54) is 23.9 Å². The van der Waals surface area contributed by atoms with Gasteiger partial charge in [-0.2, -0.15) is 5.10 Å². The minimum absolute atomic E-state index is 0.199. The van der Waals surface area contributed by atoms with Gasteiger partial charge in [-0.3, -0.25) is 9.59 Å². The number of nitrogens with one attached hydrogen (secondary N) is 2. The number of rotatable bonds is 4. The second kappa shape index (κ2) is 7.18. The van der Waals surface area contributed by atoms with Gasteiger partial charge in [0.2, 0.25) is 5.91 Å². The molecule has 3 aromatic rings. The van der Waals surface area contributed by atoms with Crippen LogP contribution in [0.3, 0.4) is 0 Å². The number of aromatic nitrogens is 2. The van der Waals surface area contributed by atoms with Crippen molar-refractivity contribution in [2.24, 2.45) is 0 Å². The Morgan fingerprint density at radius 2 is 1.73 bits per heavy atom. The second-order valence-corrected chi connectivity index (χ2v) is 5.72. The summed E-state index contributed by atoms with van der Waals surface area (Å²) in [6.07, 6.45) is 1.40. The Labute approximate surface area is 149 Å². The van der Waals surface area contributed by atoms with Crippen molar-refractivity contribution in [2.45, 2.75) is 13.8 Å². The number of anilines is 2. The van der Waals surface area contributed by atoms with E-state index >= 15 is 0 Å². The van der Waals surface area contributed by atoms with E-state index in [-0.39, 0.29) is 17.5 Å². The highest BCUT2D eigenvalue weighted by Crippen LogP contribution is 2.20. The number of hydrogen-bond donors (Lipinski definition) is 2. The highest BCUT2D eigenvalue weighted by Gasteiger charge is 2.17. The minimum Gasteiger partial charge on any atom is -0.326 e. The highest BCUT2D eigenvalue weighted by molar-refractivity contribution is 6.05. The Balaban J connectivity index is 1.84. The van der Waals surface area contributed by atoms with Crippen LogP contribution in [0.2, 0.25) is 0 Å². The van der Waals surface area contributed by atoms with E-state index in [9.17, 15) is 14.0 Å². The maximum absolute atomic E-state index is 14.0. The summed E-state index contributed by atoms with van der Waals surface area (Å²) >= 11 is 0. The number of carbonyl (C=O) groups is 2. The van der Waals surface area contributed by atoms with Gasteiger partial charge in [0.25, 0.3) is 5.91 Å². The van der Waals surface area contributed by atoms with Crippen LogP contribution in [-0.4, -0.2) is 21.6 Å². The first-order valence-corrected chi connectivity index (χ1v) is 7.94. The van der Waals surface area contributed by atoms with Gasteiger partial charge in [0.1, 0.15) is 11.5 Å². The predicted molar refractivity (Wildman–Crippen MR) is 97.0 cm³/mol. The maximum atomic E-state index is 14.0. The standard InChI is InChI=1S/C19H17FN4O2/c1-12-16(11-21-24(12)18-9-4-3-8-17(18)20)19(26)23-15-7-5-6-14(10-15)22-13(2)25/h3-11H,1-2H3,(H,22,25)(H,23,26). The number of carbonyl (C=O) groups excluding carboxylic acids is 2. The van der Waals surface area contributed by atoms with E-state index in [0.717, 1.165) is 0 Å². The zero-order valence-electron chi connectivity index (χ0n) is 14.3. The lowest BCUT2D eigenvalue weighted by Gasteiger charge is -2.09. The third-order valence-corrected chi connectivity index (χ3v) is 3.78. The molecule has 0 aliphatic heterocycles. The highest BCUT2D eigenvalue weighted by atomic mass is 19.1. The smallest absolute Gasteiger partial charge is 0.259 e. The van der Waals surface area contributed by atoms with E-state index < -0.39 is 5.82 Å². The number of hydrogen-bond acceptors (Lipinski definition) is 3. The molecule has 2 N–H and O–H groups in total. The van der Waals surface area contributed by atoms with Crippen molar-refractivity contribution < 1.29 is 14.0 Å². The van der Waals surface area contributed by atoms with Crippen molar-refractivity contribution in [3.63, 3.8) is 0 Å². The van der Waals surface area contributed by atoms with Crippen LogP contribution in [0.1, 0.15) is 23.0 Å². The Hall–Kier alpha value is -3.48. The fraction of sp³-hybridized carbons (Fsp3) is 0.105. The first-order chi connectivity index (χ1) is 12.5. The van der Waals surface area contributed by atoms with Gasteiger partial charge in [0.05, 0.1) is 17.5 Å². The predicted octanol–water partition coefficient (Wildman–Crippen LogP) is 3.53. The van der Waals surface area contributed by atoms with E-state index in [4.69, 9.17) is 0 Å². The van der Waals surface area contributed by atoms with Crippen molar-refractivity contribution in [2.75, 3.05) is 10.6 Å². The van der Waals surface area contributed by atoms with Gasteiger partial charge >= 0.3 is 0 Å². The molecule has 0 bridgehead atoms. The molecule has 0 saturated carbocycles. The average Bonchev–Trinajstić information content (AvgIpc) is 2.96. The zero-order chi connectivity index (χ0) is 18.7. The molecule has 2 amide bonds. The minimum atomic E-state index is -0.423. The van der Waals surface area contributed by atoms with Gasteiger partial charge in [0.15, 0.2) is 0 Å². The fourth-order valence-electron chi connectivity index (χ4n) is 2.58. The Morgan fingerprint density at radius 3 is 2.42 bits per heavy atom. The zero-order valence-corrected chi connectivity index (χ0v) is 14.3. The van der Waals surface area contributed by atoms with Crippen LogP contribution in [0.15, 0.2) is 54.7 Å². The Bertz CT molecular complexity index is 981. The van der Waals surface area contributed by atoms with E-state index in [2.05, 4.69) is 15.7 Å². The molecule has 1 aromatic heterocycles. The molecule has 0 fully saturated rings. The molecule has 7 heteroatoms. The van der Waals surface area contributed by atoms with Gasteiger partial charge in [-0.05, 0) is 37.3 Å². The summed E-state index contributed by atoms with van der Waals surface area (Å²) in [6, 6.07) is 13.0. The molecule has 2 aromatic carbocycles. The molecule has 0 atom stereocenters. The van der Waals surface area contributed by atoms with Crippen LogP contribution < -0.4 is 10.6 Å². The second-order valence-electron chi connectivity index (χ2n) is 5.72. The summed E-state index contributed by atoms with van der Waals surface area (Å²) in [5, 5.41) is 9.53. The normalized spacial score (nSPS) is 10.4. The third kappa shape index (κ3) is 3.61. The first kappa shape index (κ1) is 17.3. The maximum Gasteiger partial charge on any atom is 0.259 e. The number of benzene rings is 2. The van der Waals surface area contributed by atoms with Gasteiger partial charge in [-0.25, -0.2) is 9.07 Å². The van der Waals surface area contributed by atoms with Crippen LogP contribution in [0, 0.1) is 12.7 Å². The molecular formula is C19H17FN4O2. The van der Waals surface area contributed by atoms with E-state index in [0.29, 0.717) is 22.6 Å². The molecular weight excluding hydrogens is 335 g/mol. The SMILES string of the molecule is CC(=O)Nc1cccc(NC(=O)c2cnn(-c3ccccc3F)c2C)c1. The van der Waals surface area contributed by atoms with Gasteiger partial charge in [-0.15, -0.1) is 0 Å². The van der Waals surface area contributed by atoms with Crippen molar-refractivity contribution in [1.29, 1.82) is 0 Å². The molecule has 6 nitrogen and oxygen atoms in total. The van der Waals surface area contributed by atoms with Crippen LogP contribution in [0.4, 0.5) is 15.8 Å². The van der Waals surface area contributed by atoms with E-state index in [1.54, 1.807) is 49.4 Å². The summed E-state index contributed by atoms with van der Waals surface area (Å²) in [6.45, 7) is 3.10. The van der Waals surface area contributed by atoms with Crippen molar-refractivity contribution in [3.8, 4) is 5.69 Å². The van der Waals surface area contributed by atoms with Gasteiger partial charge in [0, 0.05) is 18.3 Å². The Morgan fingerprint density at radius 1 is 1.04 bits per heavy atom. The third-order valence-electron chi connectivity index (χ3n) is 3.78. The summed E-state index contributed by atoms with van der Waals surface area (Å²) in [4.78, 5) is 23.7. The van der Waals surface area contributed by atoms with E-state index in [1.807, 2.05) is 0 Å². The molecule has 1 heterocycles. The Kier molecular flexibility index (Phi) is 4.79. The first-order valence-electron chi connectivity index (χ1n) is 7.94. The van der Waals surface area contributed by atoms with Crippen LogP contribution >= 0.6 is 0 Å². The monoisotopic (exact) mass is 352 g/mol. The lowest BCUT2D eigenvalue weighted by atomic mass is 10.2. The molecule has 0 spiro atoms. The fourth-order valence-corrected chi connectivity index (χ4v) is 2.58. The molecule has 0 unspecified atom stereocenters. The molecule has 0 radical (unpaired) electrons. The molecule has 3 rings (SSSR count). The topological polar surface area (TPSA) is 76.0 Å². The molecule has 132 valence electrons. The van der Waals surface area contributed by atoms with Crippen LogP contribution in [0.5, 0.6) is 0 Å². The molecule has 26 heavy (non-hydrogen) atoms. The van der Waals surface area contributed by atoms with Crippen LogP contribution in [-0.2, 0) is 4.79 Å². The number of nitrogens with zero attached hydrogens (tertiary/aromatic N) is 2. The molecule has 0 aliphatic rings. The van der Waals surface area contributed by atoms with Gasteiger partial charge < -0.3 is 10.6 Å².